The van der Waals surface area contributed by atoms with Crippen LogP contribution in [0.15, 0.2) is 24.3 Å². The molecule has 1 aromatic rings. The van der Waals surface area contributed by atoms with Gasteiger partial charge in [-0.05, 0) is 38.4 Å². The van der Waals surface area contributed by atoms with Gasteiger partial charge in [0.25, 0.3) is 0 Å². The number of rotatable bonds is 7. The Kier molecular flexibility index (Phi) is 5.94. The highest BCUT2D eigenvalue weighted by molar-refractivity contribution is 5.47. The van der Waals surface area contributed by atoms with Crippen molar-refractivity contribution in [3.05, 3.63) is 30.1 Å². The summed E-state index contributed by atoms with van der Waals surface area (Å²) in [7, 11) is 0. The predicted octanol–water partition coefficient (Wildman–Crippen LogP) is 1.75. The number of para-hydroxylation sites is 1. The van der Waals surface area contributed by atoms with Gasteiger partial charge in [-0.3, -0.25) is 0 Å². The van der Waals surface area contributed by atoms with Crippen molar-refractivity contribution in [2.75, 3.05) is 24.5 Å². The lowest BCUT2D eigenvalue weighted by atomic mass is 10.2. The zero-order chi connectivity index (χ0) is 12.7. The van der Waals surface area contributed by atoms with Crippen molar-refractivity contribution in [3.63, 3.8) is 0 Å². The highest BCUT2D eigenvalue weighted by atomic mass is 19.1. The van der Waals surface area contributed by atoms with Crippen LogP contribution >= 0.6 is 0 Å². The Labute approximate surface area is 102 Å². The Morgan fingerprint density at radius 3 is 2.65 bits per heavy atom. The van der Waals surface area contributed by atoms with Gasteiger partial charge in [-0.2, -0.15) is 0 Å². The number of nitrogens with two attached hydrogens (primary N) is 1. The summed E-state index contributed by atoms with van der Waals surface area (Å²) >= 11 is 0. The van der Waals surface area contributed by atoms with E-state index in [1.54, 1.807) is 19.1 Å². The molecule has 4 heteroatoms. The maximum Gasteiger partial charge on any atom is 0.146 e. The average Bonchev–Trinajstić information content (AvgIpc) is 2.30. The molecule has 0 aliphatic rings. The molecule has 0 aromatic heterocycles. The molecule has 0 spiro atoms. The standard InChI is InChI=1S/C13H21FN2O/c1-11(17)7-10-16(9-4-8-15)13-6-3-2-5-12(13)14/h2-3,5-6,11,17H,4,7-10,15H2,1H3. The van der Waals surface area contributed by atoms with E-state index < -0.39 is 0 Å². The molecule has 3 nitrogen and oxygen atoms in total. The zero-order valence-corrected chi connectivity index (χ0v) is 10.3. The number of nitrogens with zero attached hydrogens (tertiary/aromatic N) is 1. The lowest BCUT2D eigenvalue weighted by molar-refractivity contribution is 0.186. The minimum absolute atomic E-state index is 0.227. The number of hydrogen-bond acceptors (Lipinski definition) is 3. The van der Waals surface area contributed by atoms with Crippen LogP contribution in [-0.2, 0) is 0 Å². The van der Waals surface area contributed by atoms with E-state index in [4.69, 9.17) is 5.73 Å². The van der Waals surface area contributed by atoms with Crippen LogP contribution in [0.25, 0.3) is 0 Å². The molecule has 0 saturated carbocycles. The van der Waals surface area contributed by atoms with Crippen LogP contribution in [0.2, 0.25) is 0 Å². The second kappa shape index (κ2) is 7.25. The van der Waals surface area contributed by atoms with Crippen molar-refractivity contribution >= 4 is 5.69 Å². The summed E-state index contributed by atoms with van der Waals surface area (Å²) in [6.45, 7) is 3.67. The molecular weight excluding hydrogens is 219 g/mol. The number of aliphatic hydroxyl groups is 1. The summed E-state index contributed by atoms with van der Waals surface area (Å²) in [6, 6.07) is 6.70. The van der Waals surface area contributed by atoms with Gasteiger partial charge in [-0.25, -0.2) is 4.39 Å². The van der Waals surface area contributed by atoms with Gasteiger partial charge in [0.05, 0.1) is 11.8 Å². The number of anilines is 1. The van der Waals surface area contributed by atoms with Crippen LogP contribution < -0.4 is 10.6 Å². The summed E-state index contributed by atoms with van der Waals surface area (Å²) in [4.78, 5) is 1.94. The maximum atomic E-state index is 13.7. The molecule has 0 aliphatic carbocycles. The molecule has 96 valence electrons. The van der Waals surface area contributed by atoms with Crippen molar-refractivity contribution in [3.8, 4) is 0 Å². The molecule has 0 saturated heterocycles. The molecule has 1 aromatic carbocycles. The quantitative estimate of drug-likeness (QED) is 0.763. The van der Waals surface area contributed by atoms with Crippen LogP contribution in [0.1, 0.15) is 19.8 Å². The Balaban J connectivity index is 2.71. The maximum absolute atomic E-state index is 13.7. The number of halogens is 1. The summed E-state index contributed by atoms with van der Waals surface area (Å²) in [5, 5.41) is 9.30. The summed E-state index contributed by atoms with van der Waals surface area (Å²) < 4.78 is 13.7. The second-order valence-electron chi connectivity index (χ2n) is 4.22. The SMILES string of the molecule is CC(O)CCN(CCCN)c1ccccc1F. The van der Waals surface area contributed by atoms with Crippen molar-refractivity contribution in [1.29, 1.82) is 0 Å². The van der Waals surface area contributed by atoms with E-state index in [0.717, 1.165) is 6.42 Å². The van der Waals surface area contributed by atoms with Crippen molar-refractivity contribution in [1.82, 2.24) is 0 Å². The van der Waals surface area contributed by atoms with Crippen LogP contribution in [0, 0.1) is 5.82 Å². The van der Waals surface area contributed by atoms with Gasteiger partial charge in [-0.15, -0.1) is 0 Å². The summed E-state index contributed by atoms with van der Waals surface area (Å²) in [5.74, 6) is -0.227. The molecule has 17 heavy (non-hydrogen) atoms. The molecule has 3 N–H and O–H groups in total. The molecule has 0 heterocycles. The normalized spacial score (nSPS) is 12.5. The van der Waals surface area contributed by atoms with E-state index in [1.807, 2.05) is 11.0 Å². The van der Waals surface area contributed by atoms with Gasteiger partial charge >= 0.3 is 0 Å². The van der Waals surface area contributed by atoms with Crippen LogP contribution in [0.4, 0.5) is 10.1 Å². The first kappa shape index (κ1) is 13.9. The van der Waals surface area contributed by atoms with Crippen molar-refractivity contribution in [2.45, 2.75) is 25.9 Å². The number of hydrogen-bond donors (Lipinski definition) is 2. The predicted molar refractivity (Wildman–Crippen MR) is 68.6 cm³/mol. The van der Waals surface area contributed by atoms with Crippen LogP contribution in [0.3, 0.4) is 0 Å². The number of aliphatic hydroxyl groups excluding tert-OH is 1. The van der Waals surface area contributed by atoms with Gasteiger partial charge in [0.1, 0.15) is 5.82 Å². The van der Waals surface area contributed by atoms with Crippen LogP contribution in [0.5, 0.6) is 0 Å². The largest absolute Gasteiger partial charge is 0.393 e. The zero-order valence-electron chi connectivity index (χ0n) is 10.3. The van der Waals surface area contributed by atoms with E-state index in [9.17, 15) is 9.50 Å². The smallest absolute Gasteiger partial charge is 0.146 e. The fourth-order valence-corrected chi connectivity index (χ4v) is 1.69. The third-order valence-corrected chi connectivity index (χ3v) is 2.64. The molecule has 0 fully saturated rings. The lowest BCUT2D eigenvalue weighted by Gasteiger charge is -2.25. The highest BCUT2D eigenvalue weighted by Crippen LogP contribution is 2.19. The van der Waals surface area contributed by atoms with E-state index >= 15 is 0 Å². The average molecular weight is 240 g/mol. The Morgan fingerprint density at radius 2 is 2.06 bits per heavy atom. The molecule has 0 radical (unpaired) electrons. The third-order valence-electron chi connectivity index (χ3n) is 2.64. The first-order valence-electron chi connectivity index (χ1n) is 6.02. The fraction of sp³-hybridized carbons (Fsp3) is 0.538. The molecule has 1 rings (SSSR count). The minimum Gasteiger partial charge on any atom is -0.393 e. The molecule has 0 bridgehead atoms. The van der Waals surface area contributed by atoms with Crippen molar-refractivity contribution < 1.29 is 9.50 Å². The van der Waals surface area contributed by atoms with E-state index in [-0.39, 0.29) is 11.9 Å². The second-order valence-corrected chi connectivity index (χ2v) is 4.22. The lowest BCUT2D eigenvalue weighted by Crippen LogP contribution is -2.29. The molecule has 0 aliphatic heterocycles. The van der Waals surface area contributed by atoms with E-state index in [2.05, 4.69) is 0 Å². The van der Waals surface area contributed by atoms with Gasteiger partial charge in [0.2, 0.25) is 0 Å². The first-order chi connectivity index (χ1) is 8.15. The van der Waals surface area contributed by atoms with Crippen molar-refractivity contribution in [2.24, 2.45) is 5.73 Å². The Hall–Kier alpha value is -1.13. The molecule has 1 atom stereocenters. The van der Waals surface area contributed by atoms with E-state index in [0.29, 0.717) is 31.7 Å². The fourth-order valence-electron chi connectivity index (χ4n) is 1.69. The first-order valence-corrected chi connectivity index (χ1v) is 6.02. The molecule has 0 amide bonds. The minimum atomic E-state index is -0.373. The van der Waals surface area contributed by atoms with Gasteiger partial charge in [0, 0.05) is 13.1 Å². The third kappa shape index (κ3) is 4.71. The van der Waals surface area contributed by atoms with Crippen LogP contribution in [-0.4, -0.2) is 30.8 Å². The Bertz CT molecular complexity index is 331. The summed E-state index contributed by atoms with van der Waals surface area (Å²) in [5.41, 5.74) is 6.06. The highest BCUT2D eigenvalue weighted by Gasteiger charge is 2.11. The van der Waals surface area contributed by atoms with Gasteiger partial charge in [0.15, 0.2) is 0 Å². The topological polar surface area (TPSA) is 49.5 Å². The monoisotopic (exact) mass is 240 g/mol. The molecular formula is C13H21FN2O. The van der Waals surface area contributed by atoms with E-state index in [1.165, 1.54) is 6.07 Å². The summed E-state index contributed by atoms with van der Waals surface area (Å²) in [6.07, 6.45) is 1.06. The van der Waals surface area contributed by atoms with Gasteiger partial charge < -0.3 is 15.7 Å². The van der Waals surface area contributed by atoms with Gasteiger partial charge in [-0.1, -0.05) is 12.1 Å². The number of benzene rings is 1. The Morgan fingerprint density at radius 1 is 1.35 bits per heavy atom. The molecule has 1 unspecified atom stereocenters.